The van der Waals surface area contributed by atoms with Crippen LogP contribution in [0, 0.1) is 0 Å². The van der Waals surface area contributed by atoms with Crippen LogP contribution in [0.4, 0.5) is 5.69 Å². The topological polar surface area (TPSA) is 90.6 Å². The number of primary sulfonamides is 1. The highest BCUT2D eigenvalue weighted by atomic mass is 32.5. The Morgan fingerprint density at radius 3 is 2.05 bits per heavy atom. The summed E-state index contributed by atoms with van der Waals surface area (Å²) in [5.74, 6) is 0. The number of nitrogens with two attached hydrogens (primary N) is 1. The van der Waals surface area contributed by atoms with E-state index in [1.165, 1.54) is 12.1 Å². The predicted molar refractivity (Wildman–Crippen MR) is 79.0 cm³/mol. The van der Waals surface area contributed by atoms with E-state index >= 15 is 0 Å². The first-order chi connectivity index (χ1) is 8.80. The molecule has 0 saturated heterocycles. The first-order valence-corrected chi connectivity index (χ1v) is 9.79. The van der Waals surface area contributed by atoms with Gasteiger partial charge in [-0.1, -0.05) is 0 Å². The van der Waals surface area contributed by atoms with Crippen LogP contribution in [0.3, 0.4) is 0 Å². The lowest BCUT2D eigenvalue weighted by Gasteiger charge is -2.22. The molecule has 0 amide bonds. The van der Waals surface area contributed by atoms with E-state index in [1.807, 2.05) is 13.8 Å². The fourth-order valence-corrected chi connectivity index (χ4v) is 4.13. The number of hydrogen-bond donors (Lipinski definition) is 2. The quantitative estimate of drug-likeness (QED) is 0.746. The van der Waals surface area contributed by atoms with Gasteiger partial charge in [-0.25, -0.2) is 13.6 Å². The standard InChI is InChI=1S/C10H17N2O4PS2/c1-3-15-17(18,16-4-2)12-9-5-7-10(8-6-9)19(11,13)14/h5-8H,3-4H2,1-2H3,(H,12,18)(H2,11,13,14). The van der Waals surface area contributed by atoms with Crippen LogP contribution >= 0.6 is 6.64 Å². The summed E-state index contributed by atoms with van der Waals surface area (Å²) in [6.07, 6.45) is 0. The summed E-state index contributed by atoms with van der Waals surface area (Å²) < 4.78 is 33.1. The Hall–Kier alpha value is -0.500. The lowest BCUT2D eigenvalue weighted by atomic mass is 10.3. The smallest absolute Gasteiger partial charge is 0.287 e. The van der Waals surface area contributed by atoms with E-state index in [1.54, 1.807) is 12.1 Å². The summed E-state index contributed by atoms with van der Waals surface area (Å²) in [4.78, 5) is 0.0409. The third-order valence-electron chi connectivity index (χ3n) is 2.05. The molecule has 3 N–H and O–H groups in total. The van der Waals surface area contributed by atoms with Gasteiger partial charge in [-0.15, -0.1) is 0 Å². The van der Waals surface area contributed by atoms with Crippen molar-refractivity contribution in [1.29, 1.82) is 0 Å². The van der Waals surface area contributed by atoms with Crippen molar-refractivity contribution in [3.8, 4) is 0 Å². The Kier molecular flexibility index (Phi) is 5.91. The van der Waals surface area contributed by atoms with Gasteiger partial charge in [-0.05, 0) is 49.9 Å². The van der Waals surface area contributed by atoms with Crippen LogP contribution in [0.5, 0.6) is 0 Å². The van der Waals surface area contributed by atoms with Crippen molar-refractivity contribution >= 4 is 34.2 Å². The molecule has 1 aromatic carbocycles. The maximum absolute atomic E-state index is 11.1. The minimum absolute atomic E-state index is 0.0409. The second kappa shape index (κ2) is 6.78. The molecule has 0 bridgehead atoms. The molecule has 6 nitrogen and oxygen atoms in total. The van der Waals surface area contributed by atoms with Gasteiger partial charge in [0.15, 0.2) is 0 Å². The predicted octanol–water partition coefficient (Wildman–Crippen LogP) is 2.04. The van der Waals surface area contributed by atoms with Crippen LogP contribution in [0.15, 0.2) is 29.2 Å². The molecule has 1 rings (SSSR count). The molecule has 0 fully saturated rings. The van der Waals surface area contributed by atoms with Crippen molar-refractivity contribution < 1.29 is 17.5 Å². The van der Waals surface area contributed by atoms with Gasteiger partial charge in [0.2, 0.25) is 10.0 Å². The Bertz CT molecular complexity index is 549. The monoisotopic (exact) mass is 324 g/mol. The molecule has 0 unspecified atom stereocenters. The third-order valence-corrected chi connectivity index (χ3v) is 5.61. The van der Waals surface area contributed by atoms with Crippen molar-refractivity contribution in [2.75, 3.05) is 18.3 Å². The molecule has 0 atom stereocenters. The molecule has 0 aliphatic carbocycles. The molecule has 0 heterocycles. The number of sulfonamides is 1. The summed E-state index contributed by atoms with van der Waals surface area (Å²) in [7, 11) is -3.69. The number of rotatable bonds is 7. The molecular weight excluding hydrogens is 307 g/mol. The zero-order chi connectivity index (χ0) is 14.5. The second-order valence-corrected chi connectivity index (χ2v) is 8.25. The molecule has 0 radical (unpaired) electrons. The van der Waals surface area contributed by atoms with Crippen LogP contribution in [0.2, 0.25) is 0 Å². The zero-order valence-corrected chi connectivity index (χ0v) is 13.2. The summed E-state index contributed by atoms with van der Waals surface area (Å²) in [6.45, 7) is 1.92. The number of anilines is 1. The van der Waals surface area contributed by atoms with Gasteiger partial charge < -0.3 is 14.1 Å². The molecule has 19 heavy (non-hydrogen) atoms. The minimum Gasteiger partial charge on any atom is -0.316 e. The Labute approximate surface area is 118 Å². The highest BCUT2D eigenvalue weighted by Gasteiger charge is 2.18. The molecule has 1 aromatic rings. The summed E-state index contributed by atoms with van der Waals surface area (Å²) in [5.41, 5.74) is 0.623. The fourth-order valence-electron chi connectivity index (χ4n) is 1.32. The van der Waals surface area contributed by atoms with E-state index in [-0.39, 0.29) is 4.90 Å². The van der Waals surface area contributed by atoms with Crippen molar-refractivity contribution in [3.05, 3.63) is 24.3 Å². The van der Waals surface area contributed by atoms with E-state index in [0.717, 1.165) is 0 Å². The van der Waals surface area contributed by atoms with E-state index in [4.69, 9.17) is 26.0 Å². The van der Waals surface area contributed by atoms with E-state index < -0.39 is 16.7 Å². The van der Waals surface area contributed by atoms with Crippen molar-refractivity contribution in [2.24, 2.45) is 5.14 Å². The Balaban J connectivity index is 2.90. The van der Waals surface area contributed by atoms with E-state index in [9.17, 15) is 8.42 Å². The maximum atomic E-state index is 11.1. The average Bonchev–Trinajstić information content (AvgIpc) is 2.28. The first-order valence-electron chi connectivity index (χ1n) is 5.61. The summed E-state index contributed by atoms with van der Waals surface area (Å²) >= 11 is 5.30. The number of benzene rings is 1. The highest BCUT2D eigenvalue weighted by molar-refractivity contribution is 8.10. The first kappa shape index (κ1) is 16.6. The summed E-state index contributed by atoms with van der Waals surface area (Å²) in [6, 6.07) is 5.93. The third kappa shape index (κ3) is 5.18. The minimum atomic E-state index is -3.69. The van der Waals surface area contributed by atoms with Gasteiger partial charge in [0.05, 0.1) is 18.1 Å². The van der Waals surface area contributed by atoms with Gasteiger partial charge in [-0.3, -0.25) is 0 Å². The lowest BCUT2D eigenvalue weighted by molar-refractivity contribution is 0.271. The number of nitrogens with one attached hydrogen (secondary N) is 1. The molecule has 9 heteroatoms. The van der Waals surface area contributed by atoms with Gasteiger partial charge in [0.25, 0.3) is 6.64 Å². The SMILES string of the molecule is CCOP(=S)(Nc1ccc(S(N)(=O)=O)cc1)OCC. The number of hydrogen-bond acceptors (Lipinski definition) is 5. The van der Waals surface area contributed by atoms with Crippen molar-refractivity contribution in [1.82, 2.24) is 0 Å². The summed E-state index contributed by atoms with van der Waals surface area (Å²) in [5, 5.41) is 8.00. The van der Waals surface area contributed by atoms with Crippen LogP contribution in [0.25, 0.3) is 0 Å². The van der Waals surface area contributed by atoms with E-state index in [2.05, 4.69) is 5.09 Å². The van der Waals surface area contributed by atoms with E-state index in [0.29, 0.717) is 18.9 Å². The molecule has 108 valence electrons. The molecule has 0 aliphatic rings. The fraction of sp³-hybridized carbons (Fsp3) is 0.400. The molecule has 0 aliphatic heterocycles. The molecular formula is C10H17N2O4PS2. The molecule has 0 spiro atoms. The maximum Gasteiger partial charge on any atom is 0.287 e. The zero-order valence-electron chi connectivity index (χ0n) is 10.7. The van der Waals surface area contributed by atoms with Crippen LogP contribution in [0.1, 0.15) is 13.8 Å². The highest BCUT2D eigenvalue weighted by Crippen LogP contribution is 2.48. The molecule has 0 saturated carbocycles. The van der Waals surface area contributed by atoms with Gasteiger partial charge >= 0.3 is 0 Å². The normalized spacial score (nSPS) is 12.4. The average molecular weight is 324 g/mol. The Morgan fingerprint density at radius 1 is 1.21 bits per heavy atom. The van der Waals surface area contributed by atoms with Crippen LogP contribution in [-0.2, 0) is 30.9 Å². The van der Waals surface area contributed by atoms with Crippen LogP contribution in [-0.4, -0.2) is 21.6 Å². The largest absolute Gasteiger partial charge is 0.316 e. The van der Waals surface area contributed by atoms with Gasteiger partial charge in [0.1, 0.15) is 0 Å². The second-order valence-electron chi connectivity index (χ2n) is 3.51. The molecule has 0 aromatic heterocycles. The van der Waals surface area contributed by atoms with Crippen LogP contribution < -0.4 is 10.2 Å². The Morgan fingerprint density at radius 2 is 1.68 bits per heavy atom. The van der Waals surface area contributed by atoms with Crippen molar-refractivity contribution in [2.45, 2.75) is 18.7 Å². The van der Waals surface area contributed by atoms with Gasteiger partial charge in [0, 0.05) is 5.69 Å². The lowest BCUT2D eigenvalue weighted by Crippen LogP contribution is -2.12. The van der Waals surface area contributed by atoms with Crippen molar-refractivity contribution in [3.63, 3.8) is 0 Å². The van der Waals surface area contributed by atoms with Gasteiger partial charge in [-0.2, -0.15) is 0 Å².